The number of hydrogen-bond acceptors (Lipinski definition) is 5. The molecule has 0 rings (SSSR count). The van der Waals surface area contributed by atoms with E-state index in [0.29, 0.717) is 25.2 Å². The second-order valence-corrected chi connectivity index (χ2v) is 9.45. The van der Waals surface area contributed by atoms with Crippen LogP contribution in [0.4, 0.5) is 0 Å². The monoisotopic (exact) mass is 461 g/mol. The lowest BCUT2D eigenvalue weighted by Gasteiger charge is -2.17. The first-order valence-corrected chi connectivity index (χ1v) is 13.0. The van der Waals surface area contributed by atoms with E-state index in [-0.39, 0.29) is 18.5 Å². The van der Waals surface area contributed by atoms with Crippen molar-refractivity contribution in [2.45, 2.75) is 116 Å². The number of alkyl halides is 1. The van der Waals surface area contributed by atoms with Crippen LogP contribution in [0.1, 0.15) is 110 Å². The van der Waals surface area contributed by atoms with Gasteiger partial charge in [0.15, 0.2) is 0 Å². The highest BCUT2D eigenvalue weighted by atomic mass is 35.5. The molecule has 0 heterocycles. The largest absolute Gasteiger partial charge is 0.460 e. The van der Waals surface area contributed by atoms with Crippen molar-refractivity contribution in [1.29, 1.82) is 0 Å². The zero-order valence-electron chi connectivity index (χ0n) is 20.6. The van der Waals surface area contributed by atoms with Gasteiger partial charge in [-0.15, -0.1) is 0 Å². The van der Waals surface area contributed by atoms with Crippen molar-refractivity contribution in [3.05, 3.63) is 0 Å². The van der Waals surface area contributed by atoms with Crippen LogP contribution in [0.2, 0.25) is 0 Å². The van der Waals surface area contributed by atoms with Gasteiger partial charge in [0.1, 0.15) is 6.61 Å². The lowest BCUT2D eigenvalue weighted by atomic mass is 9.91. The number of unbranched alkanes of at least 4 members (excludes halogenated alkanes) is 8. The fourth-order valence-electron chi connectivity index (χ4n) is 3.65. The number of esters is 2. The summed E-state index contributed by atoms with van der Waals surface area (Å²) in [5.41, 5.74) is -0.919. The molecule has 0 aromatic rings. The summed E-state index contributed by atoms with van der Waals surface area (Å²) in [7, 11) is 3.91. The van der Waals surface area contributed by atoms with Gasteiger partial charge in [-0.3, -0.25) is 9.59 Å². The highest BCUT2D eigenvalue weighted by Crippen LogP contribution is 2.22. The minimum atomic E-state index is -0.919. The maximum Gasteiger partial charge on any atom is 0.307 e. The molecule has 6 heteroatoms. The third-order valence-electron chi connectivity index (χ3n) is 5.51. The molecule has 0 spiro atoms. The van der Waals surface area contributed by atoms with Crippen LogP contribution in [0, 0.1) is 5.92 Å². The maximum absolute atomic E-state index is 12.3. The molecule has 0 aromatic carbocycles. The van der Waals surface area contributed by atoms with E-state index in [1.54, 1.807) is 0 Å². The van der Waals surface area contributed by atoms with Gasteiger partial charge in [0.05, 0.1) is 0 Å². The molecule has 31 heavy (non-hydrogen) atoms. The minimum absolute atomic E-state index is 0.0838. The number of ether oxygens (including phenoxy) is 2. The van der Waals surface area contributed by atoms with Gasteiger partial charge in [0.25, 0.3) is 0 Å². The van der Waals surface area contributed by atoms with Crippen molar-refractivity contribution in [3.63, 3.8) is 0 Å². The van der Waals surface area contributed by atoms with E-state index >= 15 is 0 Å². The Labute approximate surface area is 196 Å². The molecular formula is C25H48ClNO4. The summed E-state index contributed by atoms with van der Waals surface area (Å²) in [4.78, 5) is 26.1. The maximum atomic E-state index is 12.3. The number of nitrogens with zero attached hydrogens (tertiary/aromatic N) is 1. The number of carbonyl (C=O) groups excluding carboxylic acids is 2. The molecule has 0 fully saturated rings. The molecule has 184 valence electrons. The molecule has 1 unspecified atom stereocenters. The summed E-state index contributed by atoms with van der Waals surface area (Å²) in [6, 6.07) is 0. The van der Waals surface area contributed by atoms with Crippen molar-refractivity contribution in [1.82, 2.24) is 4.90 Å². The Hall–Kier alpha value is -0.810. The molecule has 0 amide bonds. The van der Waals surface area contributed by atoms with Crippen LogP contribution < -0.4 is 0 Å². The Morgan fingerprint density at radius 3 is 1.87 bits per heavy atom. The van der Waals surface area contributed by atoms with Gasteiger partial charge < -0.3 is 14.4 Å². The smallest absolute Gasteiger partial charge is 0.307 e. The van der Waals surface area contributed by atoms with Gasteiger partial charge in [0, 0.05) is 12.8 Å². The van der Waals surface area contributed by atoms with Gasteiger partial charge in [0.2, 0.25) is 5.56 Å². The van der Waals surface area contributed by atoms with Crippen LogP contribution in [-0.2, 0) is 19.1 Å². The van der Waals surface area contributed by atoms with Crippen molar-refractivity contribution < 1.29 is 19.1 Å². The predicted octanol–water partition coefficient (Wildman–Crippen LogP) is 6.71. The summed E-state index contributed by atoms with van der Waals surface area (Å²) < 4.78 is 10.4. The average Bonchev–Trinajstić information content (AvgIpc) is 2.71. The molecule has 0 bridgehead atoms. The summed E-state index contributed by atoms with van der Waals surface area (Å²) in [5, 5.41) is 0. The molecule has 0 radical (unpaired) electrons. The SMILES string of the molecule is CCCCCCCC(CCCCCCC)CC(=O)OCC(Cl)OC(=O)CCCN(C)C. The van der Waals surface area contributed by atoms with Gasteiger partial charge in [-0.2, -0.15) is 0 Å². The molecule has 0 saturated heterocycles. The second kappa shape index (κ2) is 21.1. The lowest BCUT2D eigenvalue weighted by molar-refractivity contribution is -0.155. The molecule has 0 aliphatic rings. The van der Waals surface area contributed by atoms with Crippen LogP contribution in [0.15, 0.2) is 0 Å². The molecule has 1 atom stereocenters. The average molecular weight is 462 g/mol. The van der Waals surface area contributed by atoms with E-state index in [1.165, 1.54) is 64.2 Å². The number of carbonyl (C=O) groups is 2. The van der Waals surface area contributed by atoms with Crippen LogP contribution in [0.3, 0.4) is 0 Å². The van der Waals surface area contributed by atoms with Gasteiger partial charge in [-0.05, 0) is 45.8 Å². The molecule has 0 N–H and O–H groups in total. The summed E-state index contributed by atoms with van der Waals surface area (Å²) in [5.74, 6) is -0.213. The van der Waals surface area contributed by atoms with Crippen molar-refractivity contribution in [3.8, 4) is 0 Å². The van der Waals surface area contributed by atoms with Gasteiger partial charge in [-0.1, -0.05) is 89.7 Å². The quantitative estimate of drug-likeness (QED) is 0.108. The summed E-state index contributed by atoms with van der Waals surface area (Å²) in [6.45, 7) is 5.18. The Morgan fingerprint density at radius 2 is 1.35 bits per heavy atom. The lowest BCUT2D eigenvalue weighted by Crippen LogP contribution is -2.22. The standard InChI is InChI=1S/C25H48ClNO4/c1-5-7-9-11-13-16-22(17-14-12-10-8-6-2)20-25(29)30-21-23(26)31-24(28)18-15-19-27(3)4/h22-23H,5-21H2,1-4H3. The third-order valence-corrected chi connectivity index (χ3v) is 5.72. The Balaban J connectivity index is 4.21. The van der Waals surface area contributed by atoms with E-state index in [0.717, 1.165) is 19.4 Å². The van der Waals surface area contributed by atoms with Gasteiger partial charge >= 0.3 is 11.9 Å². The molecule has 0 saturated carbocycles. The molecule has 5 nitrogen and oxygen atoms in total. The fraction of sp³-hybridized carbons (Fsp3) is 0.920. The van der Waals surface area contributed by atoms with Crippen LogP contribution in [0.5, 0.6) is 0 Å². The molecular weight excluding hydrogens is 414 g/mol. The Kier molecular flexibility index (Phi) is 20.5. The Morgan fingerprint density at radius 1 is 0.806 bits per heavy atom. The minimum Gasteiger partial charge on any atom is -0.460 e. The first-order valence-electron chi connectivity index (χ1n) is 12.5. The predicted molar refractivity (Wildman–Crippen MR) is 129 cm³/mol. The topological polar surface area (TPSA) is 55.8 Å². The van der Waals surface area contributed by atoms with Crippen molar-refractivity contribution in [2.24, 2.45) is 5.92 Å². The van der Waals surface area contributed by atoms with Crippen LogP contribution >= 0.6 is 11.6 Å². The third kappa shape index (κ3) is 20.8. The van der Waals surface area contributed by atoms with E-state index in [4.69, 9.17) is 21.1 Å². The summed E-state index contributed by atoms with van der Waals surface area (Å²) in [6.07, 6.45) is 16.1. The number of hydrogen-bond donors (Lipinski definition) is 0. The zero-order valence-corrected chi connectivity index (χ0v) is 21.4. The highest BCUT2D eigenvalue weighted by Gasteiger charge is 2.18. The fourth-order valence-corrected chi connectivity index (χ4v) is 3.81. The normalized spacial score (nSPS) is 12.4. The van der Waals surface area contributed by atoms with Crippen LogP contribution in [0.25, 0.3) is 0 Å². The van der Waals surface area contributed by atoms with Crippen molar-refractivity contribution in [2.75, 3.05) is 27.2 Å². The van der Waals surface area contributed by atoms with Gasteiger partial charge in [-0.25, -0.2) is 0 Å². The number of halogens is 1. The van der Waals surface area contributed by atoms with E-state index in [2.05, 4.69) is 13.8 Å². The highest BCUT2D eigenvalue weighted by molar-refractivity contribution is 6.20. The van der Waals surface area contributed by atoms with Crippen LogP contribution in [-0.4, -0.2) is 49.6 Å². The van der Waals surface area contributed by atoms with Crippen molar-refractivity contribution >= 4 is 23.5 Å². The molecule has 0 aliphatic heterocycles. The first-order chi connectivity index (χ1) is 14.9. The molecule has 0 aliphatic carbocycles. The molecule has 0 aromatic heterocycles. The zero-order chi connectivity index (χ0) is 23.3. The summed E-state index contributed by atoms with van der Waals surface area (Å²) >= 11 is 6.03. The number of rotatable bonds is 21. The second-order valence-electron chi connectivity index (χ2n) is 8.97. The van der Waals surface area contributed by atoms with E-state index < -0.39 is 5.56 Å². The van der Waals surface area contributed by atoms with E-state index in [9.17, 15) is 9.59 Å². The van der Waals surface area contributed by atoms with E-state index in [1.807, 2.05) is 19.0 Å². The first kappa shape index (κ1) is 30.2. The Bertz CT molecular complexity index is 431.